The van der Waals surface area contributed by atoms with Crippen molar-refractivity contribution in [3.05, 3.63) is 0 Å². The number of ketones is 1. The van der Waals surface area contributed by atoms with Crippen LogP contribution >= 0.6 is 0 Å². The van der Waals surface area contributed by atoms with Crippen LogP contribution in [0.2, 0.25) is 0 Å². The van der Waals surface area contributed by atoms with Crippen LogP contribution in [0.3, 0.4) is 0 Å². The molecule has 3 fully saturated rings. The zero-order valence-corrected chi connectivity index (χ0v) is 22.5. The van der Waals surface area contributed by atoms with Crippen molar-refractivity contribution >= 4 is 29.5 Å². The number of amides is 5. The summed E-state index contributed by atoms with van der Waals surface area (Å²) in [4.78, 5) is 65.8. The molecule has 1 heterocycles. The molecule has 3 rings (SSSR count). The highest BCUT2D eigenvalue weighted by molar-refractivity contribution is 6.37. The lowest BCUT2D eigenvalue weighted by Crippen LogP contribution is -2.61. The molecular formula is C26H43N5O5. The summed E-state index contributed by atoms with van der Waals surface area (Å²) in [6, 6.07) is -3.04. The Morgan fingerprint density at radius 3 is 2.03 bits per heavy atom. The molecule has 0 aromatic carbocycles. The third-order valence-electron chi connectivity index (χ3n) is 7.75. The van der Waals surface area contributed by atoms with Crippen molar-refractivity contribution in [3.63, 3.8) is 0 Å². The number of Topliss-reactive ketones (excluding diaryl/α,β-unsaturated/α-hetero) is 1. The molecule has 0 radical (unpaired) electrons. The molecule has 10 heteroatoms. The first-order valence-corrected chi connectivity index (χ1v) is 13.1. The maximum absolute atomic E-state index is 13.9. The van der Waals surface area contributed by atoms with Crippen LogP contribution in [0.4, 0.5) is 4.79 Å². The van der Waals surface area contributed by atoms with Gasteiger partial charge in [0.25, 0.3) is 5.91 Å². The number of nitrogens with zero attached hydrogens (tertiary/aromatic N) is 1. The van der Waals surface area contributed by atoms with Crippen molar-refractivity contribution in [2.24, 2.45) is 28.9 Å². The van der Waals surface area contributed by atoms with E-state index in [1.807, 2.05) is 41.5 Å². The molecule has 0 aromatic heterocycles. The van der Waals surface area contributed by atoms with Crippen LogP contribution in [0, 0.1) is 23.2 Å². The van der Waals surface area contributed by atoms with Gasteiger partial charge in [0.05, 0.1) is 6.04 Å². The first-order valence-electron chi connectivity index (χ1n) is 13.1. The molecule has 0 aromatic rings. The third-order valence-corrected chi connectivity index (χ3v) is 7.75. The van der Waals surface area contributed by atoms with E-state index in [1.165, 1.54) is 0 Å². The number of nitrogens with one attached hydrogen (secondary N) is 3. The molecule has 5 N–H and O–H groups in total. The predicted octanol–water partition coefficient (Wildman–Crippen LogP) is 1.47. The van der Waals surface area contributed by atoms with Gasteiger partial charge in [-0.05, 0) is 63.2 Å². The number of primary amides is 1. The first kappa shape index (κ1) is 27.9. The van der Waals surface area contributed by atoms with Crippen LogP contribution in [0.5, 0.6) is 0 Å². The molecule has 202 valence electrons. The molecule has 10 nitrogen and oxygen atoms in total. The SMILES string of the molecule is CC(C)(C)NC(=O)N[C@H](C(=O)N1C[C@@H]2CC[C@@H]2[C@H]1C(=O)N[C@@H](CC1CCC1)C(=O)C(N)=O)C(C)(C)C. The molecule has 2 saturated carbocycles. The van der Waals surface area contributed by atoms with Crippen LogP contribution in [-0.4, -0.2) is 64.6 Å². The van der Waals surface area contributed by atoms with Crippen LogP contribution in [0.15, 0.2) is 0 Å². The van der Waals surface area contributed by atoms with Gasteiger partial charge >= 0.3 is 6.03 Å². The highest BCUT2D eigenvalue weighted by Gasteiger charge is 2.54. The lowest BCUT2D eigenvalue weighted by molar-refractivity contribution is -0.144. The Morgan fingerprint density at radius 1 is 0.944 bits per heavy atom. The van der Waals surface area contributed by atoms with Crippen molar-refractivity contribution < 1.29 is 24.0 Å². The van der Waals surface area contributed by atoms with Crippen molar-refractivity contribution in [2.75, 3.05) is 6.54 Å². The minimum absolute atomic E-state index is 0.00833. The van der Waals surface area contributed by atoms with Crippen LogP contribution in [0.1, 0.15) is 80.1 Å². The summed E-state index contributed by atoms with van der Waals surface area (Å²) in [5, 5.41) is 8.43. The van der Waals surface area contributed by atoms with Crippen molar-refractivity contribution in [2.45, 2.75) is 104 Å². The molecule has 3 aliphatic rings. The number of urea groups is 1. The number of nitrogens with two attached hydrogens (primary N) is 1. The first-order chi connectivity index (χ1) is 16.6. The molecule has 36 heavy (non-hydrogen) atoms. The van der Waals surface area contributed by atoms with Gasteiger partial charge in [-0.1, -0.05) is 40.0 Å². The van der Waals surface area contributed by atoms with Crippen LogP contribution < -0.4 is 21.7 Å². The van der Waals surface area contributed by atoms with Gasteiger partial charge in [-0.3, -0.25) is 19.2 Å². The fourth-order valence-electron chi connectivity index (χ4n) is 5.44. The highest BCUT2D eigenvalue weighted by Crippen LogP contribution is 2.45. The second kappa shape index (κ2) is 10.4. The Hall–Kier alpha value is -2.65. The number of carbonyl (C=O) groups excluding carboxylic acids is 5. The van der Waals surface area contributed by atoms with E-state index in [0.29, 0.717) is 13.0 Å². The molecule has 1 saturated heterocycles. The summed E-state index contributed by atoms with van der Waals surface area (Å²) >= 11 is 0. The van der Waals surface area contributed by atoms with E-state index >= 15 is 0 Å². The lowest BCUT2D eigenvalue weighted by Gasteiger charge is -2.37. The van der Waals surface area contributed by atoms with Crippen molar-refractivity contribution in [1.29, 1.82) is 0 Å². The monoisotopic (exact) mass is 505 g/mol. The quantitative estimate of drug-likeness (QED) is 0.368. The molecule has 2 aliphatic carbocycles. The van der Waals surface area contributed by atoms with E-state index in [2.05, 4.69) is 16.0 Å². The van der Waals surface area contributed by atoms with E-state index in [9.17, 15) is 24.0 Å². The van der Waals surface area contributed by atoms with E-state index in [0.717, 1.165) is 32.1 Å². The summed E-state index contributed by atoms with van der Waals surface area (Å²) in [5.74, 6) is -2.16. The number of hydrogen-bond donors (Lipinski definition) is 4. The third kappa shape index (κ3) is 6.37. The Bertz CT molecular complexity index is 901. The highest BCUT2D eigenvalue weighted by atomic mass is 16.2. The second-order valence-corrected chi connectivity index (χ2v) is 12.9. The number of likely N-dealkylation sites (tertiary alicyclic amines) is 1. The topological polar surface area (TPSA) is 151 Å². The average molecular weight is 506 g/mol. The van der Waals surface area contributed by atoms with Gasteiger partial charge in [0.2, 0.25) is 17.6 Å². The Balaban J connectivity index is 1.80. The Labute approximate surface area is 213 Å². The molecule has 0 unspecified atom stereocenters. The zero-order chi connectivity index (χ0) is 27.0. The molecule has 0 spiro atoms. The fraction of sp³-hybridized carbons (Fsp3) is 0.808. The minimum Gasteiger partial charge on any atom is -0.363 e. The average Bonchev–Trinajstić information content (AvgIpc) is 2.94. The van der Waals surface area contributed by atoms with E-state index in [4.69, 9.17) is 5.73 Å². The largest absolute Gasteiger partial charge is 0.363 e. The van der Waals surface area contributed by atoms with Gasteiger partial charge in [0, 0.05) is 12.1 Å². The van der Waals surface area contributed by atoms with Gasteiger partial charge in [-0.25, -0.2) is 4.79 Å². The maximum Gasteiger partial charge on any atom is 0.315 e. The van der Waals surface area contributed by atoms with Crippen LogP contribution in [0.25, 0.3) is 0 Å². The number of carbonyl (C=O) groups is 5. The van der Waals surface area contributed by atoms with E-state index < -0.39 is 52.7 Å². The zero-order valence-electron chi connectivity index (χ0n) is 22.5. The Kier molecular flexibility index (Phi) is 8.05. The van der Waals surface area contributed by atoms with E-state index in [1.54, 1.807) is 4.90 Å². The van der Waals surface area contributed by atoms with Crippen LogP contribution in [-0.2, 0) is 19.2 Å². The summed E-state index contributed by atoms with van der Waals surface area (Å²) in [7, 11) is 0. The number of rotatable bonds is 8. The van der Waals surface area contributed by atoms with Gasteiger partial charge in [-0.2, -0.15) is 0 Å². The minimum atomic E-state index is -1.07. The molecular weight excluding hydrogens is 462 g/mol. The number of fused-ring (bicyclic) bond motifs is 1. The predicted molar refractivity (Wildman–Crippen MR) is 134 cm³/mol. The standard InChI is InChI=1S/C26H43N5O5/c1-25(2,3)20(29-24(36)30-26(4,5)6)23(35)31-13-15-10-11-16(15)18(31)22(34)28-17(19(32)21(27)33)12-14-8-7-9-14/h14-18,20H,7-13H2,1-6H3,(H2,27,33)(H,28,34)(H2,29,30,36)/t15-,16-,17-,18-,20+/m0/s1. The molecule has 0 bridgehead atoms. The summed E-state index contributed by atoms with van der Waals surface area (Å²) < 4.78 is 0. The normalized spacial score (nSPS) is 25.5. The van der Waals surface area contributed by atoms with Crippen molar-refractivity contribution in [3.8, 4) is 0 Å². The molecule has 5 amide bonds. The fourth-order valence-corrected chi connectivity index (χ4v) is 5.44. The molecule has 5 atom stereocenters. The second-order valence-electron chi connectivity index (χ2n) is 12.9. The van der Waals surface area contributed by atoms with Gasteiger partial charge in [-0.15, -0.1) is 0 Å². The van der Waals surface area contributed by atoms with E-state index in [-0.39, 0.29) is 23.7 Å². The van der Waals surface area contributed by atoms with Gasteiger partial charge in [0.1, 0.15) is 12.1 Å². The summed E-state index contributed by atoms with van der Waals surface area (Å²) in [6.45, 7) is 11.6. The van der Waals surface area contributed by atoms with Gasteiger partial charge in [0.15, 0.2) is 0 Å². The van der Waals surface area contributed by atoms with Crippen molar-refractivity contribution in [1.82, 2.24) is 20.9 Å². The number of hydrogen-bond acceptors (Lipinski definition) is 5. The van der Waals surface area contributed by atoms with Gasteiger partial charge < -0.3 is 26.6 Å². The summed E-state index contributed by atoms with van der Waals surface area (Å²) in [6.07, 6.45) is 5.07. The smallest absolute Gasteiger partial charge is 0.315 e. The lowest BCUT2D eigenvalue weighted by atomic mass is 9.72. The summed E-state index contributed by atoms with van der Waals surface area (Å²) in [5.41, 5.74) is 4.18. The Morgan fingerprint density at radius 2 is 1.58 bits per heavy atom. The maximum atomic E-state index is 13.9. The molecule has 1 aliphatic heterocycles.